The van der Waals surface area contributed by atoms with Gasteiger partial charge in [0.25, 0.3) is 70.0 Å². The molecule has 8 aromatic carbocycles. The molecule has 0 saturated carbocycles. The summed E-state index contributed by atoms with van der Waals surface area (Å²) < 4.78 is 0. The average Bonchev–Trinajstić information content (AvgIpc) is 1.63. The van der Waals surface area contributed by atoms with Gasteiger partial charge in [-0.3, -0.25) is 88.9 Å². The first-order valence-corrected chi connectivity index (χ1v) is 30.4. The van der Waals surface area contributed by atoms with E-state index in [9.17, 15) is 78.8 Å². The molecule has 0 atom stereocenters. The molecule has 0 aromatic heterocycles. The van der Waals surface area contributed by atoms with Crippen LogP contribution in [0, 0.1) is 106 Å². The van der Waals surface area contributed by atoms with Crippen LogP contribution in [-0.2, 0) is 0 Å². The van der Waals surface area contributed by atoms with Gasteiger partial charge in [0.2, 0.25) is 0 Å². The van der Waals surface area contributed by atoms with Crippen LogP contribution in [0.1, 0.15) is 141 Å². The number of carbonyl (C=O) groups is 8. The number of fused-ring (bicyclic) bond motifs is 4. The summed E-state index contributed by atoms with van der Waals surface area (Å²) in [5, 5.41) is 51.6. The van der Waals surface area contributed by atoms with E-state index in [4.69, 9.17) is 10.1 Å². The van der Waals surface area contributed by atoms with Gasteiger partial charge in [-0.1, -0.05) is 78.3 Å². The highest BCUT2D eigenvalue weighted by atomic mass is 79.9. The first-order chi connectivity index (χ1) is 45.4. The molecule has 28 heteroatoms. The Hall–Kier alpha value is -12.2. The van der Waals surface area contributed by atoms with Crippen LogP contribution in [0.2, 0.25) is 0 Å². The summed E-state index contributed by atoms with van der Waals surface area (Å²) in [6, 6.07) is 35.9. The summed E-state index contributed by atoms with van der Waals surface area (Å²) in [5.41, 5.74) is 10.1. The molecule has 0 saturated heterocycles. The molecular formula is C68H60BrN9O18. The van der Waals surface area contributed by atoms with Crippen molar-refractivity contribution in [1.82, 2.24) is 0 Å². The van der Waals surface area contributed by atoms with Crippen molar-refractivity contribution in [2.45, 2.75) is 69.2 Å². The first-order valence-electron chi connectivity index (χ1n) is 28.8. The third-order valence-corrected chi connectivity index (χ3v) is 15.1. The number of halogens is 1. The van der Waals surface area contributed by atoms with Crippen LogP contribution < -0.4 is 19.6 Å². The lowest BCUT2D eigenvalue weighted by Crippen LogP contribution is -2.29. The molecule has 0 unspecified atom stereocenters. The monoisotopic (exact) mass is 1370 g/mol. The predicted octanol–water partition coefficient (Wildman–Crippen LogP) is 14.0. The van der Waals surface area contributed by atoms with Gasteiger partial charge in [-0.15, -0.1) is 0 Å². The van der Waals surface area contributed by atoms with Gasteiger partial charge in [0.1, 0.15) is 0 Å². The highest BCUT2D eigenvalue weighted by Crippen LogP contribution is 2.38. The number of aryl methyl sites for hydroxylation is 8. The van der Waals surface area contributed by atoms with Crippen LogP contribution in [0.3, 0.4) is 0 Å². The molecule has 492 valence electrons. The molecule has 12 rings (SSSR count). The van der Waals surface area contributed by atoms with Crippen LogP contribution in [0.25, 0.3) is 0 Å². The van der Waals surface area contributed by atoms with E-state index in [1.807, 2.05) is 19.7 Å². The Labute approximate surface area is 556 Å². The summed E-state index contributed by atoms with van der Waals surface area (Å²) in [6.07, 6.45) is 0. The zero-order valence-corrected chi connectivity index (χ0v) is 55.2. The van der Waals surface area contributed by atoms with E-state index in [0.29, 0.717) is 67.3 Å². The zero-order chi connectivity index (χ0) is 71.6. The second-order valence-corrected chi connectivity index (χ2v) is 21.1. The maximum Gasteiger partial charge on any atom is 0.269 e. The zero-order valence-electron chi connectivity index (χ0n) is 53.6. The van der Waals surface area contributed by atoms with E-state index < -0.39 is 71.9 Å². The van der Waals surface area contributed by atoms with E-state index in [1.165, 1.54) is 97.1 Å². The fourth-order valence-corrected chi connectivity index (χ4v) is 10.5. The van der Waals surface area contributed by atoms with Crippen molar-refractivity contribution in [3.63, 3.8) is 0 Å². The number of hydrogen-bond acceptors (Lipinski definition) is 18. The van der Waals surface area contributed by atoms with E-state index >= 15 is 0 Å². The average molecular weight is 1370 g/mol. The van der Waals surface area contributed by atoms with Gasteiger partial charge in [-0.05, 0) is 154 Å². The minimum Gasteiger partial charge on any atom is -0.268 e. The molecule has 0 fully saturated rings. The van der Waals surface area contributed by atoms with Crippen LogP contribution in [0.4, 0.5) is 45.5 Å². The summed E-state index contributed by atoms with van der Waals surface area (Å²) >= 11 is 2.94. The van der Waals surface area contributed by atoms with Crippen LogP contribution in [0.5, 0.6) is 0 Å². The van der Waals surface area contributed by atoms with Gasteiger partial charge >= 0.3 is 0 Å². The maximum atomic E-state index is 12.6. The van der Waals surface area contributed by atoms with Crippen LogP contribution >= 0.6 is 15.9 Å². The molecule has 0 N–H and O–H groups in total. The number of nitro groups is 5. The first kappa shape index (κ1) is 72.9. The van der Waals surface area contributed by atoms with Gasteiger partial charge in [0, 0.05) is 53.5 Å². The van der Waals surface area contributed by atoms with Gasteiger partial charge in [-0.25, -0.2) is 19.6 Å². The fraction of sp³-hybridized carbons (Fsp3) is 0.176. The number of nitro benzene ring substituents is 4. The second kappa shape index (κ2) is 30.5. The number of non-ortho nitro benzene ring substituents is 4. The predicted molar refractivity (Wildman–Crippen MR) is 360 cm³/mol. The Kier molecular flexibility index (Phi) is 23.1. The maximum absolute atomic E-state index is 12.6. The molecule has 8 aromatic rings. The van der Waals surface area contributed by atoms with Crippen molar-refractivity contribution in [1.29, 1.82) is 0 Å². The third kappa shape index (κ3) is 14.5. The summed E-state index contributed by atoms with van der Waals surface area (Å²) in [7, 11) is 0.889. The normalized spacial score (nSPS) is 12.7. The number of nitrogens with zero attached hydrogens (tertiary/aromatic N) is 9. The minimum absolute atomic E-state index is 0.0901. The summed E-state index contributed by atoms with van der Waals surface area (Å²) in [4.78, 5) is 154. The van der Waals surface area contributed by atoms with Gasteiger partial charge < -0.3 is 0 Å². The summed E-state index contributed by atoms with van der Waals surface area (Å²) in [6.45, 7) is 18.2. The van der Waals surface area contributed by atoms with Gasteiger partial charge in [-0.2, -0.15) is 0 Å². The number of imide groups is 4. The fourth-order valence-electron chi connectivity index (χ4n) is 10.5. The Morgan fingerprint density at radius 2 is 0.354 bits per heavy atom. The molecule has 0 bridgehead atoms. The molecule has 27 nitrogen and oxygen atoms in total. The van der Waals surface area contributed by atoms with E-state index in [0.717, 1.165) is 71.2 Å². The molecule has 4 heterocycles. The van der Waals surface area contributed by atoms with Crippen molar-refractivity contribution in [3.05, 3.63) is 285 Å². The lowest BCUT2D eigenvalue weighted by molar-refractivity contribution is -0.445. The molecule has 96 heavy (non-hydrogen) atoms. The topological polar surface area (TPSA) is 365 Å². The molecule has 0 aliphatic carbocycles. The largest absolute Gasteiger partial charge is 0.269 e. The van der Waals surface area contributed by atoms with Gasteiger partial charge in [0.15, 0.2) is 7.05 Å². The molecule has 4 aliphatic rings. The Morgan fingerprint density at radius 1 is 0.250 bits per heavy atom. The van der Waals surface area contributed by atoms with Crippen molar-refractivity contribution in [3.8, 4) is 0 Å². The van der Waals surface area contributed by atoms with Gasteiger partial charge in [0.05, 0.1) is 87.0 Å². The van der Waals surface area contributed by atoms with Crippen LogP contribution in [-0.4, -0.2) is 84.8 Å². The third-order valence-electron chi connectivity index (χ3n) is 15.1. The number of anilines is 4. The van der Waals surface area contributed by atoms with E-state index in [2.05, 4.69) is 15.9 Å². The second-order valence-electron chi connectivity index (χ2n) is 21.1. The van der Waals surface area contributed by atoms with E-state index in [1.54, 1.807) is 104 Å². The number of rotatable bonds is 8. The SMILES string of the molecule is CBr.CC.C[N+](=O)[O-].Cc1ccc(C)c2c1C(=O)N(c1ccc([N+](=O)[O-])cc1)C2=O.Cc1ccc(C)c2c1C(=O)N(c1ccc([N+](=O)[O-])cc1)C2=O.Cc1ccc(C)c2c1C(=O)N(c1ccc([N+](=O)[O-])cc1)C2=O.Cc1ccc(C)c2c1C(=O)N(c1ccc([N+](=O)[O-])cc1)C2=O. The highest BCUT2D eigenvalue weighted by molar-refractivity contribution is 9.08. The highest BCUT2D eigenvalue weighted by Gasteiger charge is 2.43. The molecular weight excluding hydrogens is 1310 g/mol. The van der Waals surface area contributed by atoms with Crippen molar-refractivity contribution in [2.75, 3.05) is 32.5 Å². The number of amides is 8. The van der Waals surface area contributed by atoms with Crippen molar-refractivity contribution in [2.24, 2.45) is 0 Å². The molecule has 4 aliphatic heterocycles. The summed E-state index contributed by atoms with van der Waals surface area (Å²) in [5.74, 6) is -1.34. The van der Waals surface area contributed by atoms with Crippen molar-refractivity contribution < 1.29 is 63.0 Å². The lowest BCUT2D eigenvalue weighted by Gasteiger charge is -2.13. The Bertz CT molecular complexity index is 3820. The molecule has 0 spiro atoms. The smallest absolute Gasteiger partial charge is 0.268 e. The number of hydrogen-bond donors (Lipinski definition) is 0. The molecule has 0 radical (unpaired) electrons. The Morgan fingerprint density at radius 3 is 0.448 bits per heavy atom. The molecule has 8 amide bonds. The van der Waals surface area contributed by atoms with E-state index in [-0.39, 0.29) is 22.7 Å². The standard InChI is InChI=1S/4C16H12N2O4.C2H6.CH3Br.CH3NO2/c4*1-9-3-4-10(2)14-13(9)15(19)17(16(14)20)11-5-7-12(8-6-11)18(21)22;2*1-2;1-2(3)4/h4*3-8H,1-2H3;1-2H3;1H3;1H3. The number of benzene rings is 8. The number of alkyl halides is 1. The number of carbonyl (C=O) groups excluding carboxylic acids is 8. The lowest BCUT2D eigenvalue weighted by atomic mass is 9.99. The van der Waals surface area contributed by atoms with Crippen molar-refractivity contribution >= 4 is 109 Å². The minimum atomic E-state index is -0.527. The van der Waals surface area contributed by atoms with Crippen LogP contribution in [0.15, 0.2) is 146 Å². The quantitative estimate of drug-likeness (QED) is 0.0590. The Balaban J connectivity index is 0.000000195.